The number of hydrogen-bond donors (Lipinski definition) is 2. The van der Waals surface area contributed by atoms with Crippen LogP contribution in [0, 0.1) is 5.92 Å². The van der Waals surface area contributed by atoms with Crippen LogP contribution in [0.25, 0.3) is 0 Å². The Morgan fingerprint density at radius 2 is 2.13 bits per heavy atom. The van der Waals surface area contributed by atoms with E-state index in [1.165, 1.54) is 4.90 Å². The molecule has 126 valence electrons. The molecule has 7 nitrogen and oxygen atoms in total. The summed E-state index contributed by atoms with van der Waals surface area (Å²) in [6.07, 6.45) is -0.935. The third-order valence-corrected chi connectivity index (χ3v) is 3.80. The van der Waals surface area contributed by atoms with Crippen molar-refractivity contribution >= 4 is 23.6 Å². The summed E-state index contributed by atoms with van der Waals surface area (Å²) in [5.41, 5.74) is 2.33. The van der Waals surface area contributed by atoms with E-state index in [-0.39, 0.29) is 12.5 Å². The number of likely N-dealkylation sites (tertiary alicyclic amines) is 1. The van der Waals surface area contributed by atoms with Gasteiger partial charge in [0.25, 0.3) is 5.91 Å². The summed E-state index contributed by atoms with van der Waals surface area (Å²) < 4.78 is 5.47. The van der Waals surface area contributed by atoms with E-state index >= 15 is 0 Å². The standard InChI is InChI=1S/C15H19ClN2O5/c1-10(23-13-4-2-12(16)3-5-13)14(19)17-22-9-11-6-7-18(8-11)15(20)21/h2-5,10-11H,6-9H2,1H3,(H,17,19)(H,20,21)/t10-,11?/m0/s1. The molecular weight excluding hydrogens is 324 g/mol. The largest absolute Gasteiger partial charge is 0.481 e. The molecule has 0 spiro atoms. The zero-order valence-electron chi connectivity index (χ0n) is 12.7. The fraction of sp³-hybridized carbons (Fsp3) is 0.467. The second-order valence-electron chi connectivity index (χ2n) is 5.37. The van der Waals surface area contributed by atoms with Crippen LogP contribution in [0.15, 0.2) is 24.3 Å². The Labute approximate surface area is 139 Å². The lowest BCUT2D eigenvalue weighted by molar-refractivity contribution is -0.141. The molecule has 0 bridgehead atoms. The van der Waals surface area contributed by atoms with Gasteiger partial charge in [-0.15, -0.1) is 0 Å². The van der Waals surface area contributed by atoms with Crippen molar-refractivity contribution < 1.29 is 24.3 Å². The van der Waals surface area contributed by atoms with Gasteiger partial charge < -0.3 is 14.7 Å². The molecule has 1 fully saturated rings. The highest BCUT2D eigenvalue weighted by atomic mass is 35.5. The first kappa shape index (κ1) is 17.4. The summed E-state index contributed by atoms with van der Waals surface area (Å²) in [6, 6.07) is 6.69. The number of nitrogens with one attached hydrogen (secondary N) is 1. The molecular formula is C15H19ClN2O5. The molecule has 1 aromatic rings. The average Bonchev–Trinajstić information content (AvgIpc) is 2.98. The summed E-state index contributed by atoms with van der Waals surface area (Å²) >= 11 is 5.78. The third kappa shape index (κ3) is 5.30. The van der Waals surface area contributed by atoms with Crippen LogP contribution in [0.3, 0.4) is 0 Å². The Hall–Kier alpha value is -1.99. The molecule has 1 saturated heterocycles. The number of nitrogens with zero attached hydrogens (tertiary/aromatic N) is 1. The highest BCUT2D eigenvalue weighted by Gasteiger charge is 2.26. The van der Waals surface area contributed by atoms with E-state index in [4.69, 9.17) is 26.3 Å². The van der Waals surface area contributed by atoms with Gasteiger partial charge in [0.1, 0.15) is 5.75 Å². The number of carbonyl (C=O) groups excluding carboxylic acids is 1. The van der Waals surface area contributed by atoms with Gasteiger partial charge in [-0.2, -0.15) is 0 Å². The molecule has 1 aliphatic heterocycles. The predicted molar refractivity (Wildman–Crippen MR) is 83.3 cm³/mol. The van der Waals surface area contributed by atoms with Crippen LogP contribution in [-0.2, 0) is 9.63 Å². The molecule has 0 radical (unpaired) electrons. The Morgan fingerprint density at radius 1 is 1.43 bits per heavy atom. The van der Waals surface area contributed by atoms with Crippen molar-refractivity contribution in [3.8, 4) is 5.75 Å². The molecule has 0 aliphatic carbocycles. The molecule has 1 heterocycles. The molecule has 1 unspecified atom stereocenters. The molecule has 8 heteroatoms. The number of amides is 2. The van der Waals surface area contributed by atoms with Crippen molar-refractivity contribution in [3.05, 3.63) is 29.3 Å². The summed E-state index contributed by atoms with van der Waals surface area (Å²) in [7, 11) is 0. The maximum Gasteiger partial charge on any atom is 0.407 e. The van der Waals surface area contributed by atoms with Gasteiger partial charge in [0.15, 0.2) is 6.10 Å². The van der Waals surface area contributed by atoms with Crippen molar-refractivity contribution in [2.45, 2.75) is 19.4 Å². The number of halogens is 1. The highest BCUT2D eigenvalue weighted by molar-refractivity contribution is 6.30. The SMILES string of the molecule is C[C@H](Oc1ccc(Cl)cc1)C(=O)NOCC1CCN(C(=O)O)C1. The predicted octanol–water partition coefficient (Wildman–Crippen LogP) is 2.15. The van der Waals surface area contributed by atoms with E-state index < -0.39 is 18.1 Å². The number of rotatable bonds is 6. The van der Waals surface area contributed by atoms with E-state index in [9.17, 15) is 9.59 Å². The molecule has 23 heavy (non-hydrogen) atoms. The number of carboxylic acid groups (broad SMARTS) is 1. The molecule has 2 N–H and O–H groups in total. The van der Waals surface area contributed by atoms with Crippen molar-refractivity contribution in [1.29, 1.82) is 0 Å². The monoisotopic (exact) mass is 342 g/mol. The maximum atomic E-state index is 11.9. The van der Waals surface area contributed by atoms with Gasteiger partial charge in [-0.3, -0.25) is 9.63 Å². The normalized spacial score (nSPS) is 18.5. The number of benzene rings is 1. The van der Waals surface area contributed by atoms with Crippen LogP contribution >= 0.6 is 11.6 Å². The molecule has 0 saturated carbocycles. The molecule has 2 atom stereocenters. The summed E-state index contributed by atoms with van der Waals surface area (Å²) in [6.45, 7) is 2.79. The van der Waals surface area contributed by atoms with Gasteiger partial charge in [-0.25, -0.2) is 10.3 Å². The van der Waals surface area contributed by atoms with Crippen molar-refractivity contribution in [3.63, 3.8) is 0 Å². The van der Waals surface area contributed by atoms with Crippen LogP contribution in [0.5, 0.6) is 5.75 Å². The summed E-state index contributed by atoms with van der Waals surface area (Å²) in [5, 5.41) is 9.45. The highest BCUT2D eigenvalue weighted by Crippen LogP contribution is 2.17. The average molecular weight is 343 g/mol. The van der Waals surface area contributed by atoms with Crippen molar-refractivity contribution in [2.75, 3.05) is 19.7 Å². The lowest BCUT2D eigenvalue weighted by Gasteiger charge is -2.16. The molecule has 2 amide bonds. The van der Waals surface area contributed by atoms with Crippen LogP contribution in [-0.4, -0.2) is 47.8 Å². The van der Waals surface area contributed by atoms with E-state index in [0.29, 0.717) is 23.9 Å². The van der Waals surface area contributed by atoms with Crippen LogP contribution in [0.2, 0.25) is 5.02 Å². The quantitative estimate of drug-likeness (QED) is 0.773. The Morgan fingerprint density at radius 3 is 2.74 bits per heavy atom. The zero-order chi connectivity index (χ0) is 16.8. The topological polar surface area (TPSA) is 88.1 Å². The fourth-order valence-corrected chi connectivity index (χ4v) is 2.35. The maximum absolute atomic E-state index is 11.9. The van der Waals surface area contributed by atoms with Gasteiger partial charge in [0.2, 0.25) is 0 Å². The summed E-state index contributed by atoms with van der Waals surface area (Å²) in [5.74, 6) is 0.205. The second kappa shape index (κ2) is 8.03. The minimum atomic E-state index is -0.929. The van der Waals surface area contributed by atoms with Gasteiger partial charge in [-0.1, -0.05) is 11.6 Å². The molecule has 0 aromatic heterocycles. The lowest BCUT2D eigenvalue weighted by Crippen LogP contribution is -2.37. The third-order valence-electron chi connectivity index (χ3n) is 3.54. The van der Waals surface area contributed by atoms with Gasteiger partial charge in [0, 0.05) is 24.0 Å². The number of hydrogen-bond acceptors (Lipinski definition) is 4. The Bertz CT molecular complexity index is 551. The number of carbonyl (C=O) groups is 2. The fourth-order valence-electron chi connectivity index (χ4n) is 2.23. The second-order valence-corrected chi connectivity index (χ2v) is 5.81. The minimum absolute atomic E-state index is 0.0823. The van der Waals surface area contributed by atoms with Crippen LogP contribution in [0.1, 0.15) is 13.3 Å². The van der Waals surface area contributed by atoms with Crippen LogP contribution in [0.4, 0.5) is 4.79 Å². The van der Waals surface area contributed by atoms with Gasteiger partial charge in [0.05, 0.1) is 6.61 Å². The first-order valence-corrected chi connectivity index (χ1v) is 7.65. The van der Waals surface area contributed by atoms with Gasteiger partial charge >= 0.3 is 6.09 Å². The van der Waals surface area contributed by atoms with E-state index in [1.807, 2.05) is 0 Å². The Balaban J connectivity index is 1.68. The van der Waals surface area contributed by atoms with Crippen LogP contribution < -0.4 is 10.2 Å². The lowest BCUT2D eigenvalue weighted by atomic mass is 10.1. The zero-order valence-corrected chi connectivity index (χ0v) is 13.5. The number of ether oxygens (including phenoxy) is 1. The smallest absolute Gasteiger partial charge is 0.407 e. The van der Waals surface area contributed by atoms with E-state index in [1.54, 1.807) is 31.2 Å². The van der Waals surface area contributed by atoms with Gasteiger partial charge in [-0.05, 0) is 37.6 Å². The summed E-state index contributed by atoms with van der Waals surface area (Å²) in [4.78, 5) is 29.2. The van der Waals surface area contributed by atoms with Crippen molar-refractivity contribution in [1.82, 2.24) is 10.4 Å². The Kier molecular flexibility index (Phi) is 6.06. The number of hydroxylamine groups is 1. The van der Waals surface area contributed by atoms with Crippen molar-refractivity contribution in [2.24, 2.45) is 5.92 Å². The molecule has 1 aromatic carbocycles. The minimum Gasteiger partial charge on any atom is -0.481 e. The first-order chi connectivity index (χ1) is 11.0. The first-order valence-electron chi connectivity index (χ1n) is 7.27. The van der Waals surface area contributed by atoms with E-state index in [0.717, 1.165) is 6.42 Å². The molecule has 2 rings (SSSR count). The molecule has 1 aliphatic rings. The van der Waals surface area contributed by atoms with E-state index in [2.05, 4.69) is 5.48 Å².